The van der Waals surface area contributed by atoms with Crippen molar-refractivity contribution >= 4 is 11.8 Å². The van der Waals surface area contributed by atoms with Crippen LogP contribution in [-0.2, 0) is 20.9 Å². The summed E-state index contributed by atoms with van der Waals surface area (Å²) >= 11 is 0. The van der Waals surface area contributed by atoms with E-state index in [1.54, 1.807) is 19.5 Å². The SMILES string of the molecule is COCCNC(=O)C1(C(=O)NCc2ccncc2)CC1. The van der Waals surface area contributed by atoms with E-state index < -0.39 is 5.41 Å². The summed E-state index contributed by atoms with van der Waals surface area (Å²) in [7, 11) is 1.57. The third-order valence-electron chi connectivity index (χ3n) is 3.41. The summed E-state index contributed by atoms with van der Waals surface area (Å²) in [6.45, 7) is 1.28. The van der Waals surface area contributed by atoms with Gasteiger partial charge in [-0.05, 0) is 30.5 Å². The minimum absolute atomic E-state index is 0.204. The topological polar surface area (TPSA) is 80.3 Å². The summed E-state index contributed by atoms with van der Waals surface area (Å²) in [6.07, 6.45) is 4.56. The molecular formula is C14H19N3O3. The molecule has 6 nitrogen and oxygen atoms in total. The number of methoxy groups -OCH3 is 1. The van der Waals surface area contributed by atoms with Gasteiger partial charge in [-0.25, -0.2) is 0 Å². The molecule has 20 heavy (non-hydrogen) atoms. The van der Waals surface area contributed by atoms with Crippen molar-refractivity contribution in [1.29, 1.82) is 0 Å². The zero-order valence-electron chi connectivity index (χ0n) is 11.5. The predicted molar refractivity (Wildman–Crippen MR) is 72.6 cm³/mol. The molecule has 1 aliphatic rings. The van der Waals surface area contributed by atoms with E-state index in [2.05, 4.69) is 15.6 Å². The van der Waals surface area contributed by atoms with Crippen molar-refractivity contribution < 1.29 is 14.3 Å². The molecule has 0 atom stereocenters. The van der Waals surface area contributed by atoms with E-state index in [0.717, 1.165) is 5.56 Å². The molecule has 2 N–H and O–H groups in total. The number of hydrogen-bond donors (Lipinski definition) is 2. The van der Waals surface area contributed by atoms with E-state index in [1.165, 1.54) is 0 Å². The minimum atomic E-state index is -0.874. The molecule has 1 saturated carbocycles. The number of nitrogens with zero attached hydrogens (tertiary/aromatic N) is 1. The third-order valence-corrected chi connectivity index (χ3v) is 3.41. The zero-order valence-corrected chi connectivity index (χ0v) is 11.5. The van der Waals surface area contributed by atoms with E-state index >= 15 is 0 Å². The maximum Gasteiger partial charge on any atom is 0.235 e. The van der Waals surface area contributed by atoms with Crippen molar-refractivity contribution in [2.24, 2.45) is 5.41 Å². The van der Waals surface area contributed by atoms with Crippen LogP contribution in [0.2, 0.25) is 0 Å². The molecule has 0 saturated heterocycles. The molecule has 108 valence electrons. The van der Waals surface area contributed by atoms with Gasteiger partial charge in [0.25, 0.3) is 0 Å². The molecule has 1 fully saturated rings. The number of rotatable bonds is 7. The Balaban J connectivity index is 1.83. The molecule has 1 heterocycles. The summed E-state index contributed by atoms with van der Waals surface area (Å²) in [6, 6.07) is 3.66. The van der Waals surface area contributed by atoms with Gasteiger partial charge < -0.3 is 15.4 Å². The second-order valence-electron chi connectivity index (χ2n) is 4.87. The van der Waals surface area contributed by atoms with Gasteiger partial charge in [-0.1, -0.05) is 0 Å². The standard InChI is InChI=1S/C14H19N3O3/c1-20-9-8-16-12(18)14(4-5-14)13(19)17-10-11-2-6-15-7-3-11/h2-3,6-7H,4-5,8-10H2,1H3,(H,16,18)(H,17,19). The van der Waals surface area contributed by atoms with Gasteiger partial charge in [0.2, 0.25) is 11.8 Å². The lowest BCUT2D eigenvalue weighted by Gasteiger charge is -2.15. The second kappa shape index (κ2) is 6.47. The van der Waals surface area contributed by atoms with E-state index in [9.17, 15) is 9.59 Å². The number of aromatic nitrogens is 1. The molecule has 0 aliphatic heterocycles. The van der Waals surface area contributed by atoms with Crippen LogP contribution in [0.15, 0.2) is 24.5 Å². The van der Waals surface area contributed by atoms with Crippen molar-refractivity contribution in [3.63, 3.8) is 0 Å². The number of ether oxygens (including phenoxy) is 1. The Labute approximate surface area is 117 Å². The van der Waals surface area contributed by atoms with Crippen LogP contribution >= 0.6 is 0 Å². The summed E-state index contributed by atoms with van der Waals surface area (Å²) in [5.41, 5.74) is 0.0877. The third kappa shape index (κ3) is 3.33. The smallest absolute Gasteiger partial charge is 0.235 e. The number of nitrogens with one attached hydrogen (secondary N) is 2. The van der Waals surface area contributed by atoms with E-state index in [0.29, 0.717) is 32.5 Å². The van der Waals surface area contributed by atoms with E-state index in [4.69, 9.17) is 4.74 Å². The van der Waals surface area contributed by atoms with Crippen LogP contribution in [0.3, 0.4) is 0 Å². The van der Waals surface area contributed by atoms with Gasteiger partial charge in [0.05, 0.1) is 6.61 Å². The first kappa shape index (κ1) is 14.5. The first-order valence-corrected chi connectivity index (χ1v) is 6.63. The van der Waals surface area contributed by atoms with E-state index in [-0.39, 0.29) is 11.8 Å². The number of carbonyl (C=O) groups excluding carboxylic acids is 2. The van der Waals surface area contributed by atoms with Crippen LogP contribution in [0.25, 0.3) is 0 Å². The fourth-order valence-corrected chi connectivity index (χ4v) is 1.97. The Morgan fingerprint density at radius 2 is 1.90 bits per heavy atom. The summed E-state index contributed by atoms with van der Waals surface area (Å²) in [4.78, 5) is 28.1. The lowest BCUT2D eigenvalue weighted by Crippen LogP contribution is -2.43. The molecule has 0 radical (unpaired) electrons. The molecule has 1 aromatic heterocycles. The number of carbonyl (C=O) groups is 2. The molecule has 1 aliphatic carbocycles. The summed E-state index contributed by atoms with van der Waals surface area (Å²) in [5.74, 6) is -0.411. The van der Waals surface area contributed by atoms with Crippen LogP contribution in [-0.4, -0.2) is 37.1 Å². The Morgan fingerprint density at radius 1 is 1.25 bits per heavy atom. The molecule has 6 heteroatoms. The zero-order chi connectivity index (χ0) is 14.4. The Kier molecular flexibility index (Phi) is 4.68. The van der Waals surface area contributed by atoms with Gasteiger partial charge >= 0.3 is 0 Å². The number of pyridine rings is 1. The lowest BCUT2D eigenvalue weighted by molar-refractivity contribution is -0.137. The van der Waals surface area contributed by atoms with Crippen LogP contribution < -0.4 is 10.6 Å². The largest absolute Gasteiger partial charge is 0.383 e. The Bertz CT molecular complexity index is 472. The molecule has 0 aromatic carbocycles. The quantitative estimate of drug-likeness (QED) is 0.552. The van der Waals surface area contributed by atoms with Crippen LogP contribution in [0.4, 0.5) is 0 Å². The minimum Gasteiger partial charge on any atom is -0.383 e. The molecule has 2 rings (SSSR count). The van der Waals surface area contributed by atoms with Gasteiger partial charge in [0.1, 0.15) is 5.41 Å². The summed E-state index contributed by atoms with van der Waals surface area (Å²) in [5, 5.41) is 5.54. The lowest BCUT2D eigenvalue weighted by atomic mass is 10.1. The van der Waals surface area contributed by atoms with E-state index in [1.807, 2.05) is 12.1 Å². The molecule has 0 spiro atoms. The molecule has 1 aromatic rings. The number of hydrogen-bond acceptors (Lipinski definition) is 4. The first-order chi connectivity index (χ1) is 9.69. The van der Waals surface area contributed by atoms with Crippen LogP contribution in [0.5, 0.6) is 0 Å². The molecular weight excluding hydrogens is 258 g/mol. The highest BCUT2D eigenvalue weighted by molar-refractivity contribution is 6.07. The summed E-state index contributed by atoms with van der Waals surface area (Å²) < 4.78 is 4.87. The number of amides is 2. The van der Waals surface area contributed by atoms with Gasteiger partial charge in [-0.3, -0.25) is 14.6 Å². The predicted octanol–water partition coefficient (Wildman–Crippen LogP) is 0.241. The van der Waals surface area contributed by atoms with Gasteiger partial charge in [-0.2, -0.15) is 0 Å². The van der Waals surface area contributed by atoms with Crippen LogP contribution in [0.1, 0.15) is 18.4 Å². The molecule has 2 amide bonds. The average Bonchev–Trinajstić information content (AvgIpc) is 3.28. The highest BCUT2D eigenvalue weighted by atomic mass is 16.5. The Hall–Kier alpha value is -1.95. The van der Waals surface area contributed by atoms with Crippen molar-refractivity contribution in [3.8, 4) is 0 Å². The van der Waals surface area contributed by atoms with Crippen molar-refractivity contribution in [2.45, 2.75) is 19.4 Å². The Morgan fingerprint density at radius 3 is 2.50 bits per heavy atom. The maximum atomic E-state index is 12.2. The van der Waals surface area contributed by atoms with Crippen molar-refractivity contribution in [3.05, 3.63) is 30.1 Å². The normalized spacial score (nSPS) is 15.4. The fraction of sp³-hybridized carbons (Fsp3) is 0.500. The first-order valence-electron chi connectivity index (χ1n) is 6.63. The van der Waals surface area contributed by atoms with Crippen LogP contribution in [0, 0.1) is 5.41 Å². The van der Waals surface area contributed by atoms with Gasteiger partial charge in [0, 0.05) is 32.6 Å². The highest BCUT2D eigenvalue weighted by Gasteiger charge is 2.56. The maximum absolute atomic E-state index is 12.2. The van der Waals surface area contributed by atoms with Gasteiger partial charge in [0.15, 0.2) is 0 Å². The average molecular weight is 277 g/mol. The second-order valence-corrected chi connectivity index (χ2v) is 4.87. The molecule has 0 bridgehead atoms. The monoisotopic (exact) mass is 277 g/mol. The van der Waals surface area contributed by atoms with Crippen molar-refractivity contribution in [2.75, 3.05) is 20.3 Å². The fourth-order valence-electron chi connectivity index (χ4n) is 1.97. The van der Waals surface area contributed by atoms with Crippen molar-refractivity contribution in [1.82, 2.24) is 15.6 Å². The molecule has 0 unspecified atom stereocenters. The highest BCUT2D eigenvalue weighted by Crippen LogP contribution is 2.46. The van der Waals surface area contributed by atoms with Gasteiger partial charge in [-0.15, -0.1) is 0 Å².